The molecule has 1 N–H and O–H groups in total. The van der Waals surface area contributed by atoms with Crippen LogP contribution in [0.5, 0.6) is 0 Å². The number of aromatic nitrogens is 2. The first-order chi connectivity index (χ1) is 8.33. The van der Waals surface area contributed by atoms with E-state index in [-0.39, 0.29) is 0 Å². The summed E-state index contributed by atoms with van der Waals surface area (Å²) < 4.78 is 0. The van der Waals surface area contributed by atoms with Gasteiger partial charge in [-0.1, -0.05) is 41.9 Å². The van der Waals surface area contributed by atoms with Gasteiger partial charge in [0.15, 0.2) is 0 Å². The largest absolute Gasteiger partial charge is 0.277 e. The fraction of sp³-hybridized carbons (Fsp3) is 0. The molecule has 0 bridgehead atoms. The Bertz CT molecular complexity index is 628. The molecule has 0 fully saturated rings. The molecule has 0 spiro atoms. The predicted molar refractivity (Wildman–Crippen MR) is 72.3 cm³/mol. The summed E-state index contributed by atoms with van der Waals surface area (Å²) in [5.74, 6) is 0. The molecule has 17 heavy (non-hydrogen) atoms. The number of H-pyrrole nitrogens is 1. The Morgan fingerprint density at radius 1 is 1.12 bits per heavy atom. The van der Waals surface area contributed by atoms with Gasteiger partial charge < -0.3 is 0 Å². The Hall–Kier alpha value is -1.58. The van der Waals surface area contributed by atoms with Gasteiger partial charge >= 0.3 is 0 Å². The first-order valence-electron chi connectivity index (χ1n) is 5.18. The predicted octanol–water partition coefficient (Wildman–Crippen LogP) is 4.46. The Balaban J connectivity index is 1.99. The number of halogens is 1. The van der Waals surface area contributed by atoms with Crippen molar-refractivity contribution in [3.05, 3.63) is 52.9 Å². The Morgan fingerprint density at radius 3 is 2.65 bits per heavy atom. The van der Waals surface area contributed by atoms with E-state index in [1.54, 1.807) is 11.3 Å². The van der Waals surface area contributed by atoms with Crippen molar-refractivity contribution in [2.24, 2.45) is 0 Å². The minimum Gasteiger partial charge on any atom is -0.277 e. The van der Waals surface area contributed by atoms with Gasteiger partial charge in [-0.05, 0) is 17.7 Å². The van der Waals surface area contributed by atoms with Gasteiger partial charge in [-0.25, -0.2) is 0 Å². The summed E-state index contributed by atoms with van der Waals surface area (Å²) in [6.07, 6.45) is 0. The van der Waals surface area contributed by atoms with Crippen LogP contribution in [-0.2, 0) is 0 Å². The number of rotatable bonds is 2. The number of benzene rings is 1. The molecule has 0 unspecified atom stereocenters. The van der Waals surface area contributed by atoms with Gasteiger partial charge in [0.1, 0.15) is 5.69 Å². The van der Waals surface area contributed by atoms with Gasteiger partial charge in [0, 0.05) is 5.38 Å². The SMILES string of the molecule is Clc1csc(-c2cc(-c3ccccc3)[nH]n2)c1. The molecule has 0 aliphatic heterocycles. The summed E-state index contributed by atoms with van der Waals surface area (Å²) in [6.45, 7) is 0. The average Bonchev–Trinajstić information content (AvgIpc) is 2.98. The van der Waals surface area contributed by atoms with E-state index in [0.29, 0.717) is 0 Å². The molecule has 0 atom stereocenters. The quantitative estimate of drug-likeness (QED) is 0.724. The second-order valence-electron chi connectivity index (χ2n) is 3.66. The Morgan fingerprint density at radius 2 is 1.94 bits per heavy atom. The lowest BCUT2D eigenvalue weighted by Crippen LogP contribution is -1.75. The van der Waals surface area contributed by atoms with Gasteiger partial charge in [0.05, 0.1) is 15.6 Å². The molecule has 84 valence electrons. The average molecular weight is 261 g/mol. The van der Waals surface area contributed by atoms with Crippen molar-refractivity contribution in [3.8, 4) is 21.8 Å². The van der Waals surface area contributed by atoms with Crippen molar-refractivity contribution in [1.29, 1.82) is 0 Å². The summed E-state index contributed by atoms with van der Waals surface area (Å²) in [7, 11) is 0. The third kappa shape index (κ3) is 2.12. The summed E-state index contributed by atoms with van der Waals surface area (Å²) in [5, 5.41) is 10.0. The molecule has 2 aromatic heterocycles. The van der Waals surface area contributed by atoms with Crippen LogP contribution in [0, 0.1) is 0 Å². The van der Waals surface area contributed by atoms with Crippen LogP contribution in [0.1, 0.15) is 0 Å². The smallest absolute Gasteiger partial charge is 0.103 e. The van der Waals surface area contributed by atoms with Gasteiger partial charge in [0.25, 0.3) is 0 Å². The minimum absolute atomic E-state index is 0.759. The minimum atomic E-state index is 0.759. The third-order valence-corrected chi connectivity index (χ3v) is 3.78. The molecule has 2 heterocycles. The highest BCUT2D eigenvalue weighted by atomic mass is 35.5. The van der Waals surface area contributed by atoms with Gasteiger partial charge in [-0.2, -0.15) is 5.10 Å². The lowest BCUT2D eigenvalue weighted by molar-refractivity contribution is 1.10. The van der Waals surface area contributed by atoms with Gasteiger partial charge in [-0.3, -0.25) is 5.10 Å². The number of aromatic amines is 1. The monoisotopic (exact) mass is 260 g/mol. The van der Waals surface area contributed by atoms with Crippen molar-refractivity contribution in [2.45, 2.75) is 0 Å². The molecular weight excluding hydrogens is 252 g/mol. The first kappa shape index (κ1) is 10.6. The van der Waals surface area contributed by atoms with Crippen LogP contribution in [0.2, 0.25) is 5.02 Å². The number of nitrogens with zero attached hydrogens (tertiary/aromatic N) is 1. The zero-order valence-corrected chi connectivity index (χ0v) is 10.4. The molecule has 1 aromatic carbocycles. The van der Waals surface area contributed by atoms with Gasteiger partial charge in [-0.15, -0.1) is 11.3 Å². The topological polar surface area (TPSA) is 28.7 Å². The molecule has 0 amide bonds. The van der Waals surface area contributed by atoms with E-state index >= 15 is 0 Å². The molecule has 2 nitrogen and oxygen atoms in total. The van der Waals surface area contributed by atoms with Crippen LogP contribution >= 0.6 is 22.9 Å². The van der Waals surface area contributed by atoms with E-state index in [1.807, 2.05) is 35.7 Å². The van der Waals surface area contributed by atoms with Crippen molar-refractivity contribution < 1.29 is 0 Å². The third-order valence-electron chi connectivity index (χ3n) is 2.48. The number of nitrogens with one attached hydrogen (secondary N) is 1. The van der Waals surface area contributed by atoms with E-state index in [9.17, 15) is 0 Å². The van der Waals surface area contributed by atoms with Crippen molar-refractivity contribution >= 4 is 22.9 Å². The van der Waals surface area contributed by atoms with E-state index in [4.69, 9.17) is 11.6 Å². The maximum Gasteiger partial charge on any atom is 0.103 e. The lowest BCUT2D eigenvalue weighted by atomic mass is 10.1. The summed E-state index contributed by atoms with van der Waals surface area (Å²) in [5.41, 5.74) is 3.08. The first-order valence-corrected chi connectivity index (χ1v) is 6.44. The molecule has 0 saturated heterocycles. The highest BCUT2D eigenvalue weighted by molar-refractivity contribution is 7.14. The van der Waals surface area contributed by atoms with Crippen LogP contribution in [-0.4, -0.2) is 10.2 Å². The lowest BCUT2D eigenvalue weighted by Gasteiger charge is -1.93. The highest BCUT2D eigenvalue weighted by Gasteiger charge is 2.07. The maximum absolute atomic E-state index is 5.91. The molecule has 0 aliphatic carbocycles. The number of hydrogen-bond donors (Lipinski definition) is 1. The van der Waals surface area contributed by atoms with Crippen LogP contribution in [0.4, 0.5) is 0 Å². The maximum atomic E-state index is 5.91. The Kier molecular flexibility index (Phi) is 2.71. The molecular formula is C13H9ClN2S. The zero-order valence-electron chi connectivity index (χ0n) is 8.85. The van der Waals surface area contributed by atoms with Crippen LogP contribution in [0.25, 0.3) is 21.8 Å². The van der Waals surface area contributed by atoms with Crippen LogP contribution in [0.15, 0.2) is 47.8 Å². The Labute approximate surface area is 108 Å². The van der Waals surface area contributed by atoms with Crippen LogP contribution < -0.4 is 0 Å². The molecule has 0 saturated carbocycles. The van der Waals surface area contributed by atoms with E-state index < -0.39 is 0 Å². The fourth-order valence-corrected chi connectivity index (χ4v) is 2.70. The van der Waals surface area contributed by atoms with Crippen molar-refractivity contribution in [1.82, 2.24) is 10.2 Å². The zero-order chi connectivity index (χ0) is 11.7. The highest BCUT2D eigenvalue weighted by Crippen LogP contribution is 2.30. The molecule has 3 aromatic rings. The van der Waals surface area contributed by atoms with Gasteiger partial charge in [0.2, 0.25) is 0 Å². The van der Waals surface area contributed by atoms with Crippen LogP contribution in [0.3, 0.4) is 0 Å². The normalized spacial score (nSPS) is 10.6. The van der Waals surface area contributed by atoms with E-state index in [2.05, 4.69) is 22.3 Å². The van der Waals surface area contributed by atoms with E-state index in [0.717, 1.165) is 26.9 Å². The number of thiophene rings is 1. The summed E-state index contributed by atoms with van der Waals surface area (Å²) >= 11 is 7.50. The standard InChI is InChI=1S/C13H9ClN2S/c14-10-6-13(17-8-10)12-7-11(15-16-12)9-4-2-1-3-5-9/h1-8H,(H,15,16). The van der Waals surface area contributed by atoms with E-state index in [1.165, 1.54) is 0 Å². The second-order valence-corrected chi connectivity index (χ2v) is 5.01. The molecule has 3 rings (SSSR count). The molecule has 0 aliphatic rings. The second kappa shape index (κ2) is 4.35. The fourth-order valence-electron chi connectivity index (χ4n) is 1.66. The summed E-state index contributed by atoms with van der Waals surface area (Å²) in [6, 6.07) is 14.1. The number of hydrogen-bond acceptors (Lipinski definition) is 2. The summed E-state index contributed by atoms with van der Waals surface area (Å²) in [4.78, 5) is 1.08. The van der Waals surface area contributed by atoms with Crippen molar-refractivity contribution in [3.63, 3.8) is 0 Å². The molecule has 4 heteroatoms. The van der Waals surface area contributed by atoms with Crippen molar-refractivity contribution in [2.75, 3.05) is 0 Å². The molecule has 0 radical (unpaired) electrons.